The van der Waals surface area contributed by atoms with Crippen LogP contribution >= 0.6 is 15.9 Å². The van der Waals surface area contributed by atoms with Gasteiger partial charge in [0.2, 0.25) is 0 Å². The summed E-state index contributed by atoms with van der Waals surface area (Å²) in [4.78, 5) is 0. The molecule has 0 radical (unpaired) electrons. The van der Waals surface area contributed by atoms with Crippen molar-refractivity contribution < 1.29 is 13.2 Å². The second kappa shape index (κ2) is 4.40. The molecule has 2 rings (SSSR count). The van der Waals surface area contributed by atoms with E-state index < -0.39 is 11.7 Å². The Kier molecular flexibility index (Phi) is 3.29. The monoisotopic (exact) mass is 292 g/mol. The van der Waals surface area contributed by atoms with Gasteiger partial charge < -0.3 is 0 Å². The maximum Gasteiger partial charge on any atom is 0.416 e. The first kappa shape index (κ1) is 12.0. The first-order valence-electron chi connectivity index (χ1n) is 5.28. The topological polar surface area (TPSA) is 0 Å². The van der Waals surface area contributed by atoms with Crippen molar-refractivity contribution in [2.75, 3.05) is 0 Å². The van der Waals surface area contributed by atoms with Crippen LogP contribution in [0.1, 0.15) is 41.9 Å². The van der Waals surface area contributed by atoms with Gasteiger partial charge in [-0.25, -0.2) is 0 Å². The number of rotatable bonds is 2. The highest BCUT2D eigenvalue weighted by Crippen LogP contribution is 2.43. The van der Waals surface area contributed by atoms with E-state index in [0.29, 0.717) is 16.5 Å². The highest BCUT2D eigenvalue weighted by atomic mass is 79.9. The van der Waals surface area contributed by atoms with Crippen LogP contribution in [0.5, 0.6) is 0 Å². The second-order valence-corrected chi connectivity index (χ2v) is 4.74. The summed E-state index contributed by atoms with van der Waals surface area (Å²) < 4.78 is 38.6. The summed E-state index contributed by atoms with van der Waals surface area (Å²) in [5, 5.41) is 0.459. The Labute approximate surface area is 101 Å². The molecule has 0 saturated heterocycles. The maximum absolute atomic E-state index is 12.9. The molecule has 0 bridgehead atoms. The van der Waals surface area contributed by atoms with Gasteiger partial charge in [-0.15, -0.1) is 0 Å². The summed E-state index contributed by atoms with van der Waals surface area (Å²) in [6.07, 6.45) is -1.42. The predicted octanol–water partition coefficient (Wildman–Crippen LogP) is 4.87. The van der Waals surface area contributed by atoms with E-state index in [1.807, 2.05) is 0 Å². The Hall–Kier alpha value is -0.510. The van der Waals surface area contributed by atoms with Crippen molar-refractivity contribution in [3.63, 3.8) is 0 Å². The summed E-state index contributed by atoms with van der Waals surface area (Å²) >= 11 is 3.18. The molecular formula is C12H12BrF3. The highest BCUT2D eigenvalue weighted by molar-refractivity contribution is 9.08. The van der Waals surface area contributed by atoms with Crippen molar-refractivity contribution in [2.45, 2.75) is 36.7 Å². The predicted molar refractivity (Wildman–Crippen MR) is 60.7 cm³/mol. The van der Waals surface area contributed by atoms with Crippen LogP contribution in [0.3, 0.4) is 0 Å². The lowest BCUT2D eigenvalue weighted by Crippen LogP contribution is -2.16. The van der Waals surface area contributed by atoms with Gasteiger partial charge >= 0.3 is 6.18 Å². The normalized spacial score (nSPS) is 17.2. The molecule has 0 nitrogen and oxygen atoms in total. The minimum absolute atomic E-state index is 0.112. The standard InChI is InChI=1S/C12H12BrF3/c13-7-8-4-5-10(9-2-1-3-9)11(6-8)12(14,15)16/h4-6,9H,1-3,7H2. The third kappa shape index (κ3) is 2.26. The van der Waals surface area contributed by atoms with E-state index in [0.717, 1.165) is 19.3 Å². The Balaban J connectivity index is 2.42. The van der Waals surface area contributed by atoms with Crippen LogP contribution < -0.4 is 0 Å². The first-order valence-corrected chi connectivity index (χ1v) is 6.40. The molecule has 0 atom stereocenters. The minimum Gasteiger partial charge on any atom is -0.166 e. The van der Waals surface area contributed by atoms with Gasteiger partial charge in [0.1, 0.15) is 0 Å². The summed E-state index contributed by atoms with van der Waals surface area (Å²) in [6, 6.07) is 4.68. The van der Waals surface area contributed by atoms with Crippen molar-refractivity contribution in [1.82, 2.24) is 0 Å². The zero-order valence-corrected chi connectivity index (χ0v) is 10.2. The fourth-order valence-corrected chi connectivity index (χ4v) is 2.36. The SMILES string of the molecule is FC(F)(F)c1cc(CBr)ccc1C1CCC1. The Morgan fingerprint density at radius 1 is 1.25 bits per heavy atom. The molecule has 0 spiro atoms. The molecule has 1 aliphatic carbocycles. The first-order chi connectivity index (χ1) is 7.52. The van der Waals surface area contributed by atoms with Gasteiger partial charge in [0.25, 0.3) is 0 Å². The molecular weight excluding hydrogens is 281 g/mol. The van der Waals surface area contributed by atoms with E-state index in [9.17, 15) is 13.2 Å². The molecule has 0 aliphatic heterocycles. The fraction of sp³-hybridized carbons (Fsp3) is 0.500. The van der Waals surface area contributed by atoms with Crippen molar-refractivity contribution in [2.24, 2.45) is 0 Å². The zero-order valence-electron chi connectivity index (χ0n) is 8.65. The molecule has 0 aromatic heterocycles. The molecule has 1 aromatic carbocycles. The molecule has 0 heterocycles. The molecule has 0 N–H and O–H groups in total. The van der Waals surface area contributed by atoms with Crippen molar-refractivity contribution >= 4 is 15.9 Å². The second-order valence-electron chi connectivity index (χ2n) is 4.18. The van der Waals surface area contributed by atoms with Gasteiger partial charge in [0.05, 0.1) is 5.56 Å². The fourth-order valence-electron chi connectivity index (χ4n) is 2.01. The maximum atomic E-state index is 12.9. The molecule has 0 unspecified atom stereocenters. The van der Waals surface area contributed by atoms with Crippen LogP contribution in [0.4, 0.5) is 13.2 Å². The number of benzene rings is 1. The zero-order chi connectivity index (χ0) is 11.8. The van der Waals surface area contributed by atoms with Gasteiger partial charge in [0, 0.05) is 5.33 Å². The number of hydrogen-bond donors (Lipinski definition) is 0. The van der Waals surface area contributed by atoms with Crippen LogP contribution in [0.15, 0.2) is 18.2 Å². The third-order valence-electron chi connectivity index (χ3n) is 3.12. The van der Waals surface area contributed by atoms with Crippen LogP contribution in [0, 0.1) is 0 Å². The quantitative estimate of drug-likeness (QED) is 0.682. The molecule has 1 saturated carbocycles. The summed E-state index contributed by atoms with van der Waals surface area (Å²) in [7, 11) is 0. The van der Waals surface area contributed by atoms with E-state index in [2.05, 4.69) is 15.9 Å². The summed E-state index contributed by atoms with van der Waals surface area (Å²) in [5.74, 6) is 0.112. The van der Waals surface area contributed by atoms with Gasteiger partial charge in [-0.3, -0.25) is 0 Å². The van der Waals surface area contributed by atoms with E-state index in [-0.39, 0.29) is 5.92 Å². The number of alkyl halides is 4. The highest BCUT2D eigenvalue weighted by Gasteiger charge is 2.36. The van der Waals surface area contributed by atoms with Crippen molar-refractivity contribution in [3.05, 3.63) is 34.9 Å². The molecule has 88 valence electrons. The summed E-state index contributed by atoms with van der Waals surface area (Å²) in [5.41, 5.74) is 0.702. The smallest absolute Gasteiger partial charge is 0.166 e. The lowest BCUT2D eigenvalue weighted by atomic mass is 9.78. The number of hydrogen-bond acceptors (Lipinski definition) is 0. The Morgan fingerprint density at radius 2 is 1.94 bits per heavy atom. The molecule has 1 aliphatic rings. The van der Waals surface area contributed by atoms with Crippen LogP contribution in [-0.2, 0) is 11.5 Å². The Bertz CT molecular complexity index is 380. The minimum atomic E-state index is -4.23. The van der Waals surface area contributed by atoms with Gasteiger partial charge in [-0.2, -0.15) is 13.2 Å². The van der Waals surface area contributed by atoms with E-state index >= 15 is 0 Å². The average molecular weight is 293 g/mol. The lowest BCUT2D eigenvalue weighted by Gasteiger charge is -2.28. The van der Waals surface area contributed by atoms with E-state index in [1.165, 1.54) is 6.07 Å². The van der Waals surface area contributed by atoms with Crippen molar-refractivity contribution in [3.8, 4) is 0 Å². The third-order valence-corrected chi connectivity index (χ3v) is 3.77. The lowest BCUT2D eigenvalue weighted by molar-refractivity contribution is -0.138. The average Bonchev–Trinajstić information content (AvgIpc) is 2.14. The molecule has 4 heteroatoms. The summed E-state index contributed by atoms with van der Waals surface area (Å²) in [6.45, 7) is 0. The molecule has 0 amide bonds. The number of halogens is 4. The molecule has 16 heavy (non-hydrogen) atoms. The van der Waals surface area contributed by atoms with Crippen LogP contribution in [0.25, 0.3) is 0 Å². The van der Waals surface area contributed by atoms with E-state index in [4.69, 9.17) is 0 Å². The van der Waals surface area contributed by atoms with Gasteiger partial charge in [-0.05, 0) is 36.0 Å². The molecule has 1 fully saturated rings. The van der Waals surface area contributed by atoms with Crippen LogP contribution in [0.2, 0.25) is 0 Å². The van der Waals surface area contributed by atoms with Gasteiger partial charge in [-0.1, -0.05) is 34.5 Å². The van der Waals surface area contributed by atoms with Crippen molar-refractivity contribution in [1.29, 1.82) is 0 Å². The molecule has 1 aromatic rings. The van der Waals surface area contributed by atoms with Gasteiger partial charge in [0.15, 0.2) is 0 Å². The van der Waals surface area contributed by atoms with E-state index in [1.54, 1.807) is 12.1 Å². The van der Waals surface area contributed by atoms with Crippen LogP contribution in [-0.4, -0.2) is 0 Å². The largest absolute Gasteiger partial charge is 0.416 e. The Morgan fingerprint density at radius 3 is 2.38 bits per heavy atom.